The topological polar surface area (TPSA) is 78.7 Å². The van der Waals surface area contributed by atoms with Crippen LogP contribution in [0.1, 0.15) is 41.7 Å². The number of aryl methyl sites for hydroxylation is 1. The van der Waals surface area contributed by atoms with Crippen LogP contribution in [-0.4, -0.2) is 46.3 Å². The fourth-order valence-corrected chi connectivity index (χ4v) is 4.92. The summed E-state index contributed by atoms with van der Waals surface area (Å²) in [6.45, 7) is 5.39. The van der Waals surface area contributed by atoms with Crippen LogP contribution in [0, 0.1) is 12.7 Å². The Balaban J connectivity index is 1.56. The van der Waals surface area contributed by atoms with E-state index in [0.717, 1.165) is 18.7 Å². The maximum Gasteiger partial charge on any atom is 0.341 e. The summed E-state index contributed by atoms with van der Waals surface area (Å²) in [5, 5.41) is 10.1. The monoisotopic (exact) mass is 470 g/mol. The van der Waals surface area contributed by atoms with E-state index in [4.69, 9.17) is 11.6 Å². The van der Waals surface area contributed by atoms with Crippen LogP contribution in [0.25, 0.3) is 10.9 Å². The van der Waals surface area contributed by atoms with Crippen LogP contribution in [-0.2, 0) is 0 Å². The quantitative estimate of drug-likeness (QED) is 0.574. The molecule has 172 valence electrons. The van der Waals surface area contributed by atoms with Crippen molar-refractivity contribution in [3.8, 4) is 0 Å². The number of nitrogens with zero attached hydrogens (tertiary/aromatic N) is 4. The number of piperazine rings is 1. The lowest BCUT2D eigenvalue weighted by Crippen LogP contribution is -2.52. The average Bonchev–Trinajstić information content (AvgIpc) is 3.61. The van der Waals surface area contributed by atoms with Crippen molar-refractivity contribution in [2.45, 2.75) is 38.8 Å². The molecule has 9 heteroatoms. The number of pyridine rings is 2. The Bertz CT molecular complexity index is 1340. The number of hydrogen-bond donors (Lipinski definition) is 1. The molecule has 1 N–H and O–H groups in total. The first-order valence-corrected chi connectivity index (χ1v) is 11.4. The summed E-state index contributed by atoms with van der Waals surface area (Å²) in [6, 6.07) is 7.40. The number of rotatable bonds is 4. The molecule has 1 aliphatic heterocycles. The summed E-state index contributed by atoms with van der Waals surface area (Å²) in [6.07, 6.45) is 3.23. The molecule has 1 aliphatic carbocycles. The van der Waals surface area contributed by atoms with Crippen molar-refractivity contribution in [1.29, 1.82) is 0 Å². The largest absolute Gasteiger partial charge is 0.477 e. The normalized spacial score (nSPS) is 18.7. The molecule has 0 bridgehead atoms. The number of carboxylic acids is 1. The van der Waals surface area contributed by atoms with Gasteiger partial charge < -0.3 is 19.5 Å². The van der Waals surface area contributed by atoms with Crippen molar-refractivity contribution < 1.29 is 14.3 Å². The first kappa shape index (κ1) is 21.7. The highest BCUT2D eigenvalue weighted by molar-refractivity contribution is 6.29. The second-order valence-electron chi connectivity index (χ2n) is 8.85. The van der Waals surface area contributed by atoms with Crippen LogP contribution in [0.3, 0.4) is 0 Å². The molecule has 2 aromatic heterocycles. The van der Waals surface area contributed by atoms with Gasteiger partial charge in [-0.15, -0.1) is 0 Å². The van der Waals surface area contributed by atoms with E-state index >= 15 is 4.39 Å². The standard InChI is InChI=1S/C24H24ClFN4O3/c1-13-11-28(8-9-29(13)20-5-3-4-19(25)27-20)18-10-17-21(14(2)22(18)26)23(31)16(24(32)33)12-30(17)15-6-7-15/h3-5,10,12-13,15H,6-9,11H2,1-2H3,(H,32,33). The molecule has 2 fully saturated rings. The number of aromatic carboxylic acids is 1. The zero-order chi connectivity index (χ0) is 23.4. The number of carbonyl (C=O) groups is 1. The molecule has 1 saturated carbocycles. The van der Waals surface area contributed by atoms with Crippen LogP contribution in [0.2, 0.25) is 5.15 Å². The minimum absolute atomic E-state index is 0.0557. The smallest absolute Gasteiger partial charge is 0.341 e. The van der Waals surface area contributed by atoms with E-state index in [0.29, 0.717) is 36.0 Å². The summed E-state index contributed by atoms with van der Waals surface area (Å²) in [4.78, 5) is 33.1. The molecule has 1 saturated heterocycles. The number of fused-ring (bicyclic) bond motifs is 1. The molecule has 1 unspecified atom stereocenters. The second kappa shape index (κ2) is 8.02. The number of carboxylic acid groups (broad SMARTS) is 1. The third-order valence-electron chi connectivity index (χ3n) is 6.61. The first-order chi connectivity index (χ1) is 15.8. The van der Waals surface area contributed by atoms with E-state index in [1.165, 1.54) is 6.20 Å². The van der Waals surface area contributed by atoms with E-state index in [2.05, 4.69) is 16.8 Å². The molecule has 0 radical (unpaired) electrons. The lowest BCUT2D eigenvalue weighted by atomic mass is 10.0. The summed E-state index contributed by atoms with van der Waals surface area (Å²) < 4.78 is 17.4. The highest BCUT2D eigenvalue weighted by atomic mass is 35.5. The van der Waals surface area contributed by atoms with Crippen molar-refractivity contribution >= 4 is 40.0 Å². The maximum atomic E-state index is 15.6. The predicted molar refractivity (Wildman–Crippen MR) is 126 cm³/mol. The van der Waals surface area contributed by atoms with Crippen LogP contribution in [0.15, 0.2) is 35.3 Å². The molecule has 1 atom stereocenters. The van der Waals surface area contributed by atoms with E-state index in [1.807, 2.05) is 21.6 Å². The SMILES string of the molecule is Cc1c(F)c(N2CCN(c3cccc(Cl)n3)C(C)C2)cc2c1c(=O)c(C(=O)O)cn2C1CC1. The molecule has 1 aromatic carbocycles. The summed E-state index contributed by atoms with van der Waals surface area (Å²) in [5.41, 5.74) is 0.260. The molecule has 3 heterocycles. The molecule has 7 nitrogen and oxygen atoms in total. The Morgan fingerprint density at radius 3 is 2.67 bits per heavy atom. The Hall–Kier alpha value is -3.13. The molecule has 5 rings (SSSR count). The van der Waals surface area contributed by atoms with Gasteiger partial charge in [0.2, 0.25) is 5.43 Å². The third kappa shape index (κ3) is 3.72. The van der Waals surface area contributed by atoms with Gasteiger partial charge in [0.05, 0.1) is 16.6 Å². The van der Waals surface area contributed by atoms with Crippen LogP contribution >= 0.6 is 11.6 Å². The minimum atomic E-state index is -1.29. The van der Waals surface area contributed by atoms with E-state index in [-0.39, 0.29) is 28.6 Å². The van der Waals surface area contributed by atoms with Gasteiger partial charge in [-0.2, -0.15) is 0 Å². The third-order valence-corrected chi connectivity index (χ3v) is 6.82. The van der Waals surface area contributed by atoms with Gasteiger partial charge in [-0.05, 0) is 44.9 Å². The van der Waals surface area contributed by atoms with Crippen molar-refractivity contribution in [3.05, 3.63) is 62.8 Å². The lowest BCUT2D eigenvalue weighted by Gasteiger charge is -2.42. The Labute approximate surface area is 195 Å². The van der Waals surface area contributed by atoms with Gasteiger partial charge in [-0.3, -0.25) is 4.79 Å². The molecule has 33 heavy (non-hydrogen) atoms. The molecule has 2 aliphatic rings. The van der Waals surface area contributed by atoms with Crippen molar-refractivity contribution in [1.82, 2.24) is 9.55 Å². The lowest BCUT2D eigenvalue weighted by molar-refractivity contribution is 0.0695. The van der Waals surface area contributed by atoms with E-state index < -0.39 is 17.2 Å². The van der Waals surface area contributed by atoms with E-state index in [1.54, 1.807) is 19.1 Å². The number of anilines is 2. The molecule has 0 spiro atoms. The Kier molecular flexibility index (Phi) is 5.28. The van der Waals surface area contributed by atoms with Gasteiger partial charge in [0.25, 0.3) is 0 Å². The second-order valence-corrected chi connectivity index (χ2v) is 9.24. The maximum absolute atomic E-state index is 15.6. The number of benzene rings is 1. The average molecular weight is 471 g/mol. The molecule has 0 amide bonds. The zero-order valence-electron chi connectivity index (χ0n) is 18.4. The summed E-state index contributed by atoms with van der Waals surface area (Å²) in [5.74, 6) is -0.987. The molecular formula is C24H24ClFN4O3. The molecular weight excluding hydrogens is 447 g/mol. The molecule has 3 aromatic rings. The summed E-state index contributed by atoms with van der Waals surface area (Å²) >= 11 is 6.06. The van der Waals surface area contributed by atoms with E-state index in [9.17, 15) is 14.7 Å². The summed E-state index contributed by atoms with van der Waals surface area (Å²) in [7, 11) is 0. The zero-order valence-corrected chi connectivity index (χ0v) is 19.1. The minimum Gasteiger partial charge on any atom is -0.477 e. The van der Waals surface area contributed by atoms with Gasteiger partial charge in [0, 0.05) is 43.5 Å². The van der Waals surface area contributed by atoms with Gasteiger partial charge in [-0.1, -0.05) is 17.7 Å². The number of hydrogen-bond acceptors (Lipinski definition) is 5. The van der Waals surface area contributed by atoms with Gasteiger partial charge in [-0.25, -0.2) is 14.2 Å². The van der Waals surface area contributed by atoms with Crippen LogP contribution in [0.4, 0.5) is 15.9 Å². The number of aromatic nitrogens is 2. The Morgan fingerprint density at radius 2 is 2.03 bits per heavy atom. The van der Waals surface area contributed by atoms with Crippen LogP contribution in [0.5, 0.6) is 0 Å². The number of halogens is 2. The van der Waals surface area contributed by atoms with Crippen molar-refractivity contribution in [2.24, 2.45) is 0 Å². The highest BCUT2D eigenvalue weighted by Gasteiger charge is 2.31. The van der Waals surface area contributed by atoms with Crippen molar-refractivity contribution in [3.63, 3.8) is 0 Å². The van der Waals surface area contributed by atoms with Gasteiger partial charge in [0.15, 0.2) is 0 Å². The fourth-order valence-electron chi connectivity index (χ4n) is 4.76. The Morgan fingerprint density at radius 1 is 1.27 bits per heavy atom. The highest BCUT2D eigenvalue weighted by Crippen LogP contribution is 2.39. The van der Waals surface area contributed by atoms with Crippen molar-refractivity contribution in [2.75, 3.05) is 29.4 Å². The van der Waals surface area contributed by atoms with Crippen LogP contribution < -0.4 is 15.2 Å². The van der Waals surface area contributed by atoms with Gasteiger partial charge in [0.1, 0.15) is 22.4 Å². The fraction of sp³-hybridized carbons (Fsp3) is 0.375. The van der Waals surface area contributed by atoms with Gasteiger partial charge >= 0.3 is 5.97 Å². The predicted octanol–water partition coefficient (Wildman–Crippen LogP) is 4.25. The first-order valence-electron chi connectivity index (χ1n) is 11.0.